The first kappa shape index (κ1) is 25.4. The Balaban J connectivity index is 1.42. The van der Waals surface area contributed by atoms with Crippen molar-refractivity contribution in [3.8, 4) is 5.75 Å². The predicted molar refractivity (Wildman–Crippen MR) is 135 cm³/mol. The monoisotopic (exact) mass is 502 g/mol. The number of hydrogen-bond donors (Lipinski definition) is 2. The first-order chi connectivity index (χ1) is 16.6. The van der Waals surface area contributed by atoms with Crippen molar-refractivity contribution in [2.75, 3.05) is 25.5 Å². The maximum atomic E-state index is 13.0. The number of amidine groups is 1. The van der Waals surface area contributed by atoms with E-state index in [2.05, 4.69) is 17.6 Å². The molecule has 4 rings (SSSR count). The number of ether oxygens (including phenoxy) is 1. The molecule has 1 saturated heterocycles. The Hall–Kier alpha value is -2.72. The van der Waals surface area contributed by atoms with Gasteiger partial charge in [-0.25, -0.2) is 8.42 Å². The Kier molecular flexibility index (Phi) is 7.32. The second kappa shape index (κ2) is 10.1. The Morgan fingerprint density at radius 1 is 1.23 bits per heavy atom. The highest BCUT2D eigenvalue weighted by Crippen LogP contribution is 2.36. The van der Waals surface area contributed by atoms with Crippen molar-refractivity contribution in [1.82, 2.24) is 9.62 Å². The summed E-state index contributed by atoms with van der Waals surface area (Å²) in [6.45, 7) is 4.13. The molecule has 0 radical (unpaired) electrons. The zero-order valence-electron chi connectivity index (χ0n) is 20.5. The summed E-state index contributed by atoms with van der Waals surface area (Å²) in [7, 11) is -2.21. The average molecular weight is 503 g/mol. The van der Waals surface area contributed by atoms with Gasteiger partial charge in [-0.1, -0.05) is 19.8 Å². The lowest BCUT2D eigenvalue weighted by atomic mass is 9.82. The van der Waals surface area contributed by atoms with E-state index in [9.17, 15) is 18.0 Å². The molecule has 0 aromatic heterocycles. The molecule has 0 atom stereocenters. The van der Waals surface area contributed by atoms with Gasteiger partial charge >= 0.3 is 0 Å². The van der Waals surface area contributed by atoms with E-state index in [-0.39, 0.29) is 24.9 Å². The molecule has 9 nitrogen and oxygen atoms in total. The minimum absolute atomic E-state index is 0.0947. The molecule has 2 N–H and O–H groups in total. The van der Waals surface area contributed by atoms with Crippen LogP contribution in [0.25, 0.3) is 6.08 Å². The smallest absolute Gasteiger partial charge is 0.253 e. The average Bonchev–Trinajstić information content (AvgIpc) is 3.13. The van der Waals surface area contributed by atoms with E-state index < -0.39 is 15.6 Å². The molecule has 1 aromatic carbocycles. The van der Waals surface area contributed by atoms with E-state index in [1.54, 1.807) is 18.2 Å². The highest BCUT2D eigenvalue weighted by Gasteiger charge is 2.48. The summed E-state index contributed by atoms with van der Waals surface area (Å²) in [6, 6.07) is 5.01. The van der Waals surface area contributed by atoms with Crippen molar-refractivity contribution in [3.05, 3.63) is 29.2 Å². The van der Waals surface area contributed by atoms with Crippen molar-refractivity contribution in [2.45, 2.75) is 57.9 Å². The summed E-state index contributed by atoms with van der Waals surface area (Å²) >= 11 is 0. The third-order valence-corrected chi connectivity index (χ3v) is 8.85. The third kappa shape index (κ3) is 5.59. The molecule has 190 valence electrons. The van der Waals surface area contributed by atoms with Gasteiger partial charge < -0.3 is 15.4 Å². The highest BCUT2D eigenvalue weighted by atomic mass is 32.2. The summed E-state index contributed by atoms with van der Waals surface area (Å²) in [5.74, 6) is 1.96. The van der Waals surface area contributed by atoms with Gasteiger partial charge in [0.1, 0.15) is 17.1 Å². The summed E-state index contributed by atoms with van der Waals surface area (Å²) < 4.78 is 32.8. The quantitative estimate of drug-likeness (QED) is 0.620. The summed E-state index contributed by atoms with van der Waals surface area (Å²) in [5, 5.41) is 6.85. The second-order valence-corrected chi connectivity index (χ2v) is 11.6. The van der Waals surface area contributed by atoms with E-state index in [4.69, 9.17) is 9.73 Å². The molecule has 2 amide bonds. The maximum Gasteiger partial charge on any atom is 0.253 e. The number of sulfonamides is 1. The van der Waals surface area contributed by atoms with Gasteiger partial charge in [0.2, 0.25) is 15.9 Å². The lowest BCUT2D eigenvalue weighted by Crippen LogP contribution is -2.50. The normalized spacial score (nSPS) is 24.9. The fourth-order valence-electron chi connectivity index (χ4n) is 5.09. The molecule has 35 heavy (non-hydrogen) atoms. The zero-order chi connectivity index (χ0) is 25.2. The van der Waals surface area contributed by atoms with E-state index in [1.807, 2.05) is 0 Å². The van der Waals surface area contributed by atoms with Gasteiger partial charge in [0.15, 0.2) is 0 Å². The molecule has 0 unspecified atom stereocenters. The van der Waals surface area contributed by atoms with Crippen LogP contribution in [0.5, 0.6) is 5.75 Å². The number of nitrogens with one attached hydrogen (secondary N) is 2. The van der Waals surface area contributed by atoms with E-state index in [0.717, 1.165) is 42.8 Å². The first-order valence-corrected chi connectivity index (χ1v) is 13.7. The lowest BCUT2D eigenvalue weighted by molar-refractivity contribution is -0.125. The van der Waals surface area contributed by atoms with Gasteiger partial charge in [0.05, 0.1) is 7.11 Å². The number of rotatable bonds is 6. The second-order valence-electron chi connectivity index (χ2n) is 9.82. The number of carbonyl (C=O) groups is 2. The van der Waals surface area contributed by atoms with Gasteiger partial charge in [0.25, 0.3) is 5.91 Å². The molecular weight excluding hydrogens is 468 g/mol. The largest absolute Gasteiger partial charge is 0.496 e. The van der Waals surface area contributed by atoms with Crippen molar-refractivity contribution in [3.63, 3.8) is 0 Å². The fourth-order valence-corrected chi connectivity index (χ4v) is 6.28. The predicted octanol–water partition coefficient (Wildman–Crippen LogP) is 3.14. The number of piperidine rings is 1. The molecule has 1 saturated carbocycles. The molecule has 1 spiro atoms. The highest BCUT2D eigenvalue weighted by molar-refractivity contribution is 7.92. The third-order valence-electron chi connectivity index (χ3n) is 7.28. The van der Waals surface area contributed by atoms with Crippen molar-refractivity contribution >= 4 is 39.4 Å². The van der Waals surface area contributed by atoms with Crippen LogP contribution in [0.15, 0.2) is 28.6 Å². The van der Waals surface area contributed by atoms with Crippen LogP contribution in [-0.2, 0) is 19.6 Å². The van der Waals surface area contributed by atoms with E-state index >= 15 is 0 Å². The lowest BCUT2D eigenvalue weighted by Gasteiger charge is -2.34. The summed E-state index contributed by atoms with van der Waals surface area (Å²) in [6.07, 6.45) is 6.59. The summed E-state index contributed by atoms with van der Waals surface area (Å²) in [4.78, 5) is 29.0. The number of benzene rings is 1. The number of hydrogen-bond acceptors (Lipinski definition) is 6. The van der Waals surface area contributed by atoms with Crippen LogP contribution in [0, 0.1) is 11.8 Å². The van der Waals surface area contributed by atoms with Gasteiger partial charge in [0, 0.05) is 48.7 Å². The SMILES string of the molecule is COc1cc(NC(C)=O)ccc1C=CS(=O)(=O)N1CCC2(CC1)N=C(C1CCC(C)CC1)NC2=O. The number of methoxy groups -OCH3 is 1. The van der Waals surface area contributed by atoms with Gasteiger partial charge in [-0.05, 0) is 49.8 Å². The standard InChI is InChI=1S/C25H34N4O5S/c1-17-4-6-20(7-5-17)23-27-24(31)25(28-23)11-13-29(14-12-25)35(32,33)15-10-19-8-9-21(26-18(2)30)16-22(19)34-3/h8-10,15-17,20H,4-7,11-14H2,1-3H3,(H,26,30)(H,27,28,31). The number of carbonyl (C=O) groups excluding carboxylic acids is 2. The minimum atomic E-state index is -3.69. The van der Waals surface area contributed by atoms with Crippen LogP contribution in [0.1, 0.15) is 57.9 Å². The molecular formula is C25H34N4O5S. The molecule has 10 heteroatoms. The van der Waals surface area contributed by atoms with Crippen LogP contribution in [0.2, 0.25) is 0 Å². The van der Waals surface area contributed by atoms with Gasteiger partial charge in [-0.15, -0.1) is 0 Å². The summed E-state index contributed by atoms with van der Waals surface area (Å²) in [5.41, 5.74) is 0.287. The maximum absolute atomic E-state index is 13.0. The molecule has 0 bridgehead atoms. The Morgan fingerprint density at radius 3 is 2.54 bits per heavy atom. The van der Waals surface area contributed by atoms with Crippen LogP contribution in [0.3, 0.4) is 0 Å². The number of anilines is 1. The van der Waals surface area contributed by atoms with Gasteiger partial charge in [-0.2, -0.15) is 4.31 Å². The number of amides is 2. The van der Waals surface area contributed by atoms with Crippen molar-refractivity contribution < 1.29 is 22.7 Å². The van der Waals surface area contributed by atoms with Crippen LogP contribution in [-0.4, -0.2) is 56.1 Å². The van der Waals surface area contributed by atoms with E-state index in [1.165, 1.54) is 24.4 Å². The molecule has 2 fully saturated rings. The van der Waals surface area contributed by atoms with Crippen molar-refractivity contribution in [2.24, 2.45) is 16.8 Å². The molecule has 1 aromatic rings. The molecule has 3 aliphatic rings. The Labute approximate surface area is 207 Å². The van der Waals surface area contributed by atoms with Crippen molar-refractivity contribution in [1.29, 1.82) is 0 Å². The fraction of sp³-hybridized carbons (Fsp3) is 0.560. The Bertz CT molecular complexity index is 1140. The number of nitrogens with zero attached hydrogens (tertiary/aromatic N) is 2. The van der Waals surface area contributed by atoms with Crippen LogP contribution >= 0.6 is 0 Å². The molecule has 2 aliphatic heterocycles. The molecule has 1 aliphatic carbocycles. The minimum Gasteiger partial charge on any atom is -0.496 e. The zero-order valence-corrected chi connectivity index (χ0v) is 21.4. The first-order valence-electron chi connectivity index (χ1n) is 12.2. The van der Waals surface area contributed by atoms with Crippen LogP contribution in [0.4, 0.5) is 5.69 Å². The topological polar surface area (TPSA) is 117 Å². The van der Waals surface area contributed by atoms with Crippen LogP contribution < -0.4 is 15.4 Å². The molecule has 2 heterocycles. The van der Waals surface area contributed by atoms with E-state index in [0.29, 0.717) is 35.8 Å². The Morgan fingerprint density at radius 2 is 1.91 bits per heavy atom. The number of aliphatic imine (C=N–C) groups is 1. The van der Waals surface area contributed by atoms with Gasteiger partial charge in [-0.3, -0.25) is 14.6 Å².